The summed E-state index contributed by atoms with van der Waals surface area (Å²) in [5, 5.41) is 0. The molecule has 146 valence electrons. The Morgan fingerprint density at radius 2 is 1.89 bits per heavy atom. The zero-order chi connectivity index (χ0) is 20.3. The largest absolute Gasteiger partial charge is 0.459 e. The Hall–Kier alpha value is -3.29. The number of aromatic nitrogens is 1. The van der Waals surface area contributed by atoms with Crippen molar-refractivity contribution >= 4 is 17.8 Å². The molecular weight excluding hydrogens is 365 g/mol. The van der Waals surface area contributed by atoms with Crippen LogP contribution < -0.4 is 0 Å². The van der Waals surface area contributed by atoms with Crippen molar-refractivity contribution in [2.75, 3.05) is 13.2 Å². The van der Waals surface area contributed by atoms with Crippen LogP contribution in [0.4, 0.5) is 4.39 Å². The summed E-state index contributed by atoms with van der Waals surface area (Å²) < 4.78 is 18.2. The third kappa shape index (κ3) is 4.33. The number of hydrogen-bond acceptors (Lipinski definition) is 5. The van der Waals surface area contributed by atoms with Crippen LogP contribution in [0.1, 0.15) is 40.1 Å². The third-order valence-corrected chi connectivity index (χ3v) is 4.21. The molecule has 0 aliphatic carbocycles. The van der Waals surface area contributed by atoms with Crippen molar-refractivity contribution in [3.8, 4) is 0 Å². The molecule has 8 heteroatoms. The predicted molar refractivity (Wildman–Crippen MR) is 97.6 cm³/mol. The van der Waals surface area contributed by atoms with E-state index in [0.29, 0.717) is 0 Å². The normalized spacial score (nSPS) is 13.9. The highest BCUT2D eigenvalue weighted by Crippen LogP contribution is 2.18. The molecule has 0 radical (unpaired) electrons. The monoisotopic (exact) mass is 385 g/mol. The summed E-state index contributed by atoms with van der Waals surface area (Å²) >= 11 is 0. The van der Waals surface area contributed by atoms with Crippen LogP contribution in [0.5, 0.6) is 0 Å². The Bertz CT molecular complexity index is 899. The molecule has 1 saturated heterocycles. The number of amides is 2. The van der Waals surface area contributed by atoms with E-state index in [9.17, 15) is 18.8 Å². The second-order valence-electron chi connectivity index (χ2n) is 6.74. The van der Waals surface area contributed by atoms with Crippen LogP contribution in [0.25, 0.3) is 0 Å². The summed E-state index contributed by atoms with van der Waals surface area (Å²) in [5.74, 6) is -1.67. The van der Waals surface area contributed by atoms with Gasteiger partial charge in [-0.05, 0) is 37.6 Å². The molecular formula is C20H20FN3O4. The zero-order valence-corrected chi connectivity index (χ0v) is 15.6. The van der Waals surface area contributed by atoms with Crippen LogP contribution in [-0.2, 0) is 16.1 Å². The van der Waals surface area contributed by atoms with Gasteiger partial charge in [-0.15, -0.1) is 0 Å². The number of hydrogen-bond donors (Lipinski definition) is 0. The van der Waals surface area contributed by atoms with Crippen LogP contribution in [0, 0.1) is 5.82 Å². The summed E-state index contributed by atoms with van der Waals surface area (Å²) in [6.07, 6.45) is 2.36. The van der Waals surface area contributed by atoms with Crippen molar-refractivity contribution < 1.29 is 23.5 Å². The van der Waals surface area contributed by atoms with Crippen molar-refractivity contribution in [1.29, 1.82) is 0 Å². The van der Waals surface area contributed by atoms with Crippen LogP contribution >= 0.6 is 0 Å². The minimum absolute atomic E-state index is 0.0608. The van der Waals surface area contributed by atoms with Crippen molar-refractivity contribution in [3.05, 3.63) is 65.2 Å². The summed E-state index contributed by atoms with van der Waals surface area (Å²) in [7, 11) is 0. The molecule has 1 aromatic heterocycles. The highest BCUT2D eigenvalue weighted by atomic mass is 19.1. The summed E-state index contributed by atoms with van der Waals surface area (Å²) in [6.45, 7) is 3.67. The van der Waals surface area contributed by atoms with Gasteiger partial charge in [0.25, 0.3) is 5.91 Å². The topological polar surface area (TPSA) is 79.8 Å². The molecule has 0 saturated carbocycles. The van der Waals surface area contributed by atoms with Gasteiger partial charge < -0.3 is 14.5 Å². The number of rotatable bonds is 5. The highest BCUT2D eigenvalue weighted by molar-refractivity contribution is 6.06. The third-order valence-electron chi connectivity index (χ3n) is 4.21. The first kappa shape index (κ1) is 19.5. The Morgan fingerprint density at radius 3 is 2.57 bits per heavy atom. The molecule has 0 unspecified atom stereocenters. The fourth-order valence-electron chi connectivity index (χ4n) is 2.87. The second kappa shape index (κ2) is 8.16. The van der Waals surface area contributed by atoms with E-state index >= 15 is 0 Å². The van der Waals surface area contributed by atoms with Gasteiger partial charge in [0.05, 0.1) is 23.9 Å². The number of carbonyl (C=O) groups is 3. The van der Waals surface area contributed by atoms with E-state index < -0.39 is 11.9 Å². The average molecular weight is 385 g/mol. The van der Waals surface area contributed by atoms with E-state index in [4.69, 9.17) is 4.74 Å². The maximum Gasteiger partial charge on any atom is 0.340 e. The number of pyridine rings is 1. The van der Waals surface area contributed by atoms with Crippen molar-refractivity contribution in [2.24, 2.45) is 0 Å². The minimum Gasteiger partial charge on any atom is -0.459 e. The quantitative estimate of drug-likeness (QED) is 0.738. The number of nitrogens with zero attached hydrogens (tertiary/aromatic N) is 3. The van der Waals surface area contributed by atoms with Crippen LogP contribution in [-0.4, -0.2) is 51.9 Å². The molecule has 1 aliphatic heterocycles. The van der Waals surface area contributed by atoms with E-state index in [1.807, 2.05) is 0 Å². The Kier molecular flexibility index (Phi) is 5.67. The Labute approximate surface area is 161 Å². The first-order valence-electron chi connectivity index (χ1n) is 8.81. The van der Waals surface area contributed by atoms with E-state index in [2.05, 4.69) is 4.98 Å². The van der Waals surface area contributed by atoms with Crippen LogP contribution in [0.3, 0.4) is 0 Å². The first-order chi connectivity index (χ1) is 13.3. The molecule has 2 amide bonds. The summed E-state index contributed by atoms with van der Waals surface area (Å²) in [5.41, 5.74) is 0.955. The predicted octanol–water partition coefficient (Wildman–Crippen LogP) is 2.23. The maximum atomic E-state index is 13.0. The van der Waals surface area contributed by atoms with Gasteiger partial charge in [-0.2, -0.15) is 0 Å². The molecule has 1 aliphatic rings. The molecule has 0 N–H and O–H groups in total. The molecule has 0 atom stereocenters. The number of benzene rings is 1. The van der Waals surface area contributed by atoms with Gasteiger partial charge in [0.2, 0.25) is 5.91 Å². The smallest absolute Gasteiger partial charge is 0.340 e. The molecule has 1 fully saturated rings. The average Bonchev–Trinajstić information content (AvgIpc) is 3.03. The number of carbonyl (C=O) groups excluding carboxylic acids is 3. The molecule has 2 heterocycles. The second-order valence-corrected chi connectivity index (χ2v) is 6.74. The number of halogens is 1. The van der Waals surface area contributed by atoms with E-state index in [1.165, 1.54) is 40.4 Å². The molecule has 3 rings (SSSR count). The Balaban J connectivity index is 1.74. The van der Waals surface area contributed by atoms with Gasteiger partial charge in [-0.3, -0.25) is 14.6 Å². The lowest BCUT2D eigenvalue weighted by Crippen LogP contribution is -2.32. The molecule has 28 heavy (non-hydrogen) atoms. The van der Waals surface area contributed by atoms with Crippen molar-refractivity contribution in [1.82, 2.24) is 14.8 Å². The lowest BCUT2D eigenvalue weighted by atomic mass is 10.1. The highest BCUT2D eigenvalue weighted by Gasteiger charge is 2.33. The van der Waals surface area contributed by atoms with Gasteiger partial charge in [0.1, 0.15) is 12.4 Å². The van der Waals surface area contributed by atoms with Gasteiger partial charge in [0.15, 0.2) is 0 Å². The summed E-state index contributed by atoms with van der Waals surface area (Å²) in [4.78, 5) is 44.2. The van der Waals surface area contributed by atoms with Gasteiger partial charge in [0, 0.05) is 18.9 Å². The van der Waals surface area contributed by atoms with Crippen molar-refractivity contribution in [3.63, 3.8) is 0 Å². The fraction of sp³-hybridized carbons (Fsp3) is 0.300. The standard InChI is InChI=1S/C20H20FN3O4/c1-13(2)28-20(27)17-9-22-8-7-16(17)19(26)24-11-18(25)23(12-24)10-14-3-5-15(21)6-4-14/h3-9,13H,10-12H2,1-2H3. The van der Waals surface area contributed by atoms with Crippen LogP contribution in [0.2, 0.25) is 0 Å². The number of ether oxygens (including phenoxy) is 1. The van der Waals surface area contributed by atoms with Crippen molar-refractivity contribution in [2.45, 2.75) is 26.5 Å². The lowest BCUT2D eigenvalue weighted by Gasteiger charge is -2.19. The molecule has 2 aromatic rings. The SMILES string of the molecule is CC(C)OC(=O)c1cnccc1C(=O)N1CC(=O)N(Cc2ccc(F)cc2)C1. The molecule has 1 aromatic carbocycles. The van der Waals surface area contributed by atoms with Gasteiger partial charge in [-0.1, -0.05) is 12.1 Å². The van der Waals surface area contributed by atoms with Gasteiger partial charge >= 0.3 is 5.97 Å². The molecule has 7 nitrogen and oxygen atoms in total. The molecule has 0 bridgehead atoms. The first-order valence-corrected chi connectivity index (χ1v) is 8.81. The minimum atomic E-state index is -0.639. The van der Waals surface area contributed by atoms with Gasteiger partial charge in [-0.25, -0.2) is 9.18 Å². The zero-order valence-electron chi connectivity index (χ0n) is 15.6. The Morgan fingerprint density at radius 1 is 1.18 bits per heavy atom. The van der Waals surface area contributed by atoms with E-state index in [-0.39, 0.29) is 48.7 Å². The lowest BCUT2D eigenvalue weighted by molar-refractivity contribution is -0.127. The maximum absolute atomic E-state index is 13.0. The molecule has 0 spiro atoms. The summed E-state index contributed by atoms with van der Waals surface area (Å²) in [6, 6.07) is 7.27. The van der Waals surface area contributed by atoms with E-state index in [1.54, 1.807) is 26.0 Å². The number of esters is 1. The fourth-order valence-corrected chi connectivity index (χ4v) is 2.87. The van der Waals surface area contributed by atoms with E-state index in [0.717, 1.165) is 5.56 Å². The van der Waals surface area contributed by atoms with Crippen LogP contribution in [0.15, 0.2) is 42.7 Å².